The lowest BCUT2D eigenvalue weighted by atomic mass is 9.99. The maximum atomic E-state index is 12.9. The first-order valence-electron chi connectivity index (χ1n) is 28.6. The van der Waals surface area contributed by atoms with E-state index in [1.54, 1.807) is 0 Å². The third-order valence-electron chi connectivity index (χ3n) is 12.4. The Labute approximate surface area is 439 Å². The molecule has 0 amide bonds. The average molecular weight is 1010 g/mol. The fraction of sp³-hybridized carbons (Fsp3) is 0.667. The molecule has 1 rings (SSSR count). The Hall–Kier alpha value is -3.41. The van der Waals surface area contributed by atoms with Crippen molar-refractivity contribution in [1.82, 2.24) is 0 Å². The van der Waals surface area contributed by atoms with Crippen molar-refractivity contribution in [2.45, 2.75) is 243 Å². The minimum atomic E-state index is -1.55. The molecule has 410 valence electrons. The Bertz CT molecular complexity index is 1520. The van der Waals surface area contributed by atoms with Crippen LogP contribution < -0.4 is 0 Å². The summed E-state index contributed by atoms with van der Waals surface area (Å²) in [5.74, 6) is -0.341. The van der Waals surface area contributed by atoms with Crippen LogP contribution in [0.4, 0.5) is 0 Å². The predicted molar refractivity (Wildman–Crippen MR) is 302 cm³/mol. The van der Waals surface area contributed by atoms with E-state index in [0.717, 1.165) is 109 Å². The van der Waals surface area contributed by atoms with Crippen LogP contribution in [0.5, 0.6) is 0 Å². The van der Waals surface area contributed by atoms with Gasteiger partial charge in [0.15, 0.2) is 6.29 Å². The zero-order chi connectivity index (χ0) is 52.1. The molecule has 1 saturated heterocycles. The molecule has 0 aromatic heterocycles. The molecule has 9 heteroatoms. The quantitative estimate of drug-likeness (QED) is 0.0267. The van der Waals surface area contributed by atoms with Gasteiger partial charge in [0.05, 0.1) is 19.8 Å². The van der Waals surface area contributed by atoms with Gasteiger partial charge in [-0.15, -0.1) is 0 Å². The van der Waals surface area contributed by atoms with Crippen molar-refractivity contribution in [2.75, 3.05) is 26.4 Å². The first-order valence-corrected chi connectivity index (χ1v) is 28.6. The van der Waals surface area contributed by atoms with E-state index in [2.05, 4.69) is 135 Å². The van der Waals surface area contributed by atoms with Gasteiger partial charge in [-0.2, -0.15) is 0 Å². The summed E-state index contributed by atoms with van der Waals surface area (Å²) < 4.78 is 22.9. The first kappa shape index (κ1) is 66.6. The van der Waals surface area contributed by atoms with Crippen molar-refractivity contribution in [2.24, 2.45) is 0 Å². The molecular weight excluding hydrogens is 901 g/mol. The zero-order valence-electron chi connectivity index (χ0n) is 45.4. The van der Waals surface area contributed by atoms with Crippen molar-refractivity contribution < 1.29 is 44.2 Å². The van der Waals surface area contributed by atoms with Crippen LogP contribution in [0.15, 0.2) is 122 Å². The van der Waals surface area contributed by atoms with Crippen LogP contribution in [-0.4, -0.2) is 89.6 Å². The molecule has 72 heavy (non-hydrogen) atoms. The van der Waals surface area contributed by atoms with Gasteiger partial charge in [-0.25, -0.2) is 0 Å². The molecule has 0 bridgehead atoms. The second kappa shape index (κ2) is 52.5. The summed E-state index contributed by atoms with van der Waals surface area (Å²) >= 11 is 0. The lowest BCUT2D eigenvalue weighted by molar-refractivity contribution is -0.305. The van der Waals surface area contributed by atoms with E-state index in [4.69, 9.17) is 18.9 Å². The minimum absolute atomic E-state index is 0.125. The number of hydrogen-bond acceptors (Lipinski definition) is 9. The van der Waals surface area contributed by atoms with Gasteiger partial charge in [-0.3, -0.25) is 4.79 Å². The van der Waals surface area contributed by atoms with Gasteiger partial charge in [0.1, 0.15) is 30.5 Å². The van der Waals surface area contributed by atoms with E-state index < -0.39 is 43.4 Å². The number of carbonyl (C=O) groups is 1. The molecule has 1 fully saturated rings. The first-order chi connectivity index (χ1) is 35.4. The summed E-state index contributed by atoms with van der Waals surface area (Å²) in [6, 6.07) is 0. The van der Waals surface area contributed by atoms with Crippen molar-refractivity contribution in [3.8, 4) is 0 Å². The van der Waals surface area contributed by atoms with Crippen LogP contribution in [0.3, 0.4) is 0 Å². The second-order valence-electron chi connectivity index (χ2n) is 19.0. The number of aliphatic hydroxyl groups excluding tert-OH is 4. The van der Waals surface area contributed by atoms with Crippen molar-refractivity contribution >= 4 is 5.97 Å². The van der Waals surface area contributed by atoms with E-state index in [9.17, 15) is 25.2 Å². The molecule has 0 aliphatic carbocycles. The van der Waals surface area contributed by atoms with E-state index in [-0.39, 0.29) is 25.6 Å². The van der Waals surface area contributed by atoms with E-state index in [0.29, 0.717) is 6.61 Å². The summed E-state index contributed by atoms with van der Waals surface area (Å²) in [7, 11) is 0. The molecule has 4 N–H and O–H groups in total. The SMILES string of the molecule is CC/C=C\C/C=C\C/C=C\C/C=C\C/C=C\C/C=C\CCCCCCC(=O)OC(COCCCCCCCCCCCCCCC/C=C\C/C=C\C/C=C\C/C=C\CC)COC1OC(CO)C(O)C(O)C1O. The molecule has 0 radical (unpaired) electrons. The van der Waals surface area contributed by atoms with Crippen molar-refractivity contribution in [1.29, 1.82) is 0 Å². The Morgan fingerprint density at radius 2 is 0.806 bits per heavy atom. The Kier molecular flexibility index (Phi) is 48.5. The highest BCUT2D eigenvalue weighted by molar-refractivity contribution is 5.69. The van der Waals surface area contributed by atoms with Crippen LogP contribution in [0.25, 0.3) is 0 Å². The van der Waals surface area contributed by atoms with Gasteiger partial charge in [-0.1, -0.05) is 219 Å². The number of allylic oxidation sites excluding steroid dienone is 20. The van der Waals surface area contributed by atoms with E-state index in [1.807, 2.05) is 0 Å². The number of ether oxygens (including phenoxy) is 4. The van der Waals surface area contributed by atoms with E-state index >= 15 is 0 Å². The Morgan fingerprint density at radius 1 is 0.444 bits per heavy atom. The molecule has 6 unspecified atom stereocenters. The van der Waals surface area contributed by atoms with Gasteiger partial charge in [0, 0.05) is 13.0 Å². The third-order valence-corrected chi connectivity index (χ3v) is 12.4. The molecule has 9 nitrogen and oxygen atoms in total. The summed E-state index contributed by atoms with van der Waals surface area (Å²) in [6.07, 6.45) is 69.5. The zero-order valence-corrected chi connectivity index (χ0v) is 45.4. The van der Waals surface area contributed by atoms with E-state index in [1.165, 1.54) is 77.0 Å². The standard InChI is InChI=1S/C63H104O9/c1-3-5-7-9-11-13-15-17-19-21-23-25-27-28-29-31-33-35-37-39-41-43-45-47-49-51-53-69-55-57(56-70-63-62(68)61(67)60(66)58(54-64)72-63)71-59(65)52-50-48-46-44-42-40-38-36-34-32-30-26-24-22-20-18-16-14-12-10-8-6-4-2/h5-8,11-14,17-20,23-26,32,34,38,40,57-58,60-64,66-68H,3-4,9-10,15-16,21-22,27-31,33,35-37,39,41-56H2,1-2H3/b7-5-,8-6-,13-11-,14-12-,19-17-,20-18-,25-23-,26-24-,34-32-,40-38-. The number of carbonyl (C=O) groups excluding carboxylic acids is 1. The highest BCUT2D eigenvalue weighted by Gasteiger charge is 2.44. The van der Waals surface area contributed by atoms with Gasteiger partial charge in [-0.05, 0) is 103 Å². The molecule has 1 aliphatic rings. The molecule has 1 heterocycles. The van der Waals surface area contributed by atoms with Crippen LogP contribution in [0, 0.1) is 0 Å². The number of unbranched alkanes of at least 4 members (excludes halogenated alkanes) is 17. The predicted octanol–water partition coefficient (Wildman–Crippen LogP) is 15.0. The molecule has 0 aromatic rings. The van der Waals surface area contributed by atoms with Crippen molar-refractivity contribution in [3.63, 3.8) is 0 Å². The number of aliphatic hydroxyl groups is 4. The fourth-order valence-electron chi connectivity index (χ4n) is 8.02. The molecule has 0 saturated carbocycles. The maximum Gasteiger partial charge on any atom is 0.306 e. The van der Waals surface area contributed by atoms with Crippen molar-refractivity contribution in [3.05, 3.63) is 122 Å². The normalized spacial score (nSPS) is 19.7. The summed E-state index contributed by atoms with van der Waals surface area (Å²) in [4.78, 5) is 12.9. The maximum absolute atomic E-state index is 12.9. The van der Waals surface area contributed by atoms with Gasteiger partial charge in [0.25, 0.3) is 0 Å². The fourth-order valence-corrected chi connectivity index (χ4v) is 8.02. The summed E-state index contributed by atoms with van der Waals surface area (Å²) in [5.41, 5.74) is 0. The van der Waals surface area contributed by atoms with Crippen LogP contribution in [0.1, 0.15) is 206 Å². The Balaban J connectivity index is 2.19. The van der Waals surface area contributed by atoms with Crippen LogP contribution in [0.2, 0.25) is 0 Å². The highest BCUT2D eigenvalue weighted by Crippen LogP contribution is 2.23. The van der Waals surface area contributed by atoms with Crippen LogP contribution in [-0.2, 0) is 23.7 Å². The van der Waals surface area contributed by atoms with Gasteiger partial charge < -0.3 is 39.4 Å². The summed E-state index contributed by atoms with van der Waals surface area (Å²) in [5, 5.41) is 40.4. The highest BCUT2D eigenvalue weighted by atomic mass is 16.7. The number of rotatable bonds is 48. The summed E-state index contributed by atoms with van der Waals surface area (Å²) in [6.45, 7) is 4.29. The third kappa shape index (κ3) is 42.0. The minimum Gasteiger partial charge on any atom is -0.457 e. The lowest BCUT2D eigenvalue weighted by Crippen LogP contribution is -2.59. The molecule has 0 aromatic carbocycles. The largest absolute Gasteiger partial charge is 0.457 e. The van der Waals surface area contributed by atoms with Gasteiger partial charge in [0.2, 0.25) is 0 Å². The lowest BCUT2D eigenvalue weighted by Gasteiger charge is -2.39. The molecule has 0 spiro atoms. The molecule has 6 atom stereocenters. The number of esters is 1. The van der Waals surface area contributed by atoms with Crippen LogP contribution >= 0.6 is 0 Å². The number of hydrogen-bond donors (Lipinski definition) is 4. The Morgan fingerprint density at radius 3 is 1.21 bits per heavy atom. The average Bonchev–Trinajstić information content (AvgIpc) is 3.38. The second-order valence-corrected chi connectivity index (χ2v) is 19.0. The molecule has 1 aliphatic heterocycles. The smallest absolute Gasteiger partial charge is 0.306 e. The van der Waals surface area contributed by atoms with Gasteiger partial charge >= 0.3 is 5.97 Å². The monoisotopic (exact) mass is 1000 g/mol. The molecular formula is C63H104O9. The topological polar surface area (TPSA) is 135 Å².